The summed E-state index contributed by atoms with van der Waals surface area (Å²) in [6.07, 6.45) is 0. The molecule has 7 heteroatoms. The average molecular weight is 335 g/mol. The first kappa shape index (κ1) is 16.2. The van der Waals surface area contributed by atoms with Gasteiger partial charge in [-0.3, -0.25) is 14.5 Å². The highest BCUT2D eigenvalue weighted by Gasteiger charge is 2.42. The van der Waals surface area contributed by atoms with Gasteiger partial charge in [-0.1, -0.05) is 6.07 Å². The number of amides is 2. The molecule has 124 valence electrons. The van der Waals surface area contributed by atoms with Crippen LogP contribution in [-0.2, 0) is 14.3 Å². The normalized spacial score (nSPS) is 20.1. The van der Waals surface area contributed by atoms with Gasteiger partial charge in [0.2, 0.25) is 0 Å². The SMILES string of the molecule is COCCN1C(=O)C(c2cccs2)=C(N2CCN(C)CC2)C1=O. The molecule has 2 amide bonds. The predicted molar refractivity (Wildman–Crippen MR) is 88.9 cm³/mol. The van der Waals surface area contributed by atoms with E-state index in [0.29, 0.717) is 24.4 Å². The Kier molecular flexibility index (Phi) is 4.79. The van der Waals surface area contributed by atoms with Gasteiger partial charge in [0.1, 0.15) is 5.70 Å². The Balaban J connectivity index is 1.95. The maximum absolute atomic E-state index is 12.8. The van der Waals surface area contributed by atoms with E-state index in [0.717, 1.165) is 31.1 Å². The van der Waals surface area contributed by atoms with E-state index in [1.807, 2.05) is 17.5 Å². The Hall–Kier alpha value is -1.70. The summed E-state index contributed by atoms with van der Waals surface area (Å²) < 4.78 is 5.04. The first-order chi connectivity index (χ1) is 11.1. The summed E-state index contributed by atoms with van der Waals surface area (Å²) in [6, 6.07) is 3.81. The molecule has 0 spiro atoms. The number of carbonyl (C=O) groups is 2. The molecule has 0 unspecified atom stereocenters. The van der Waals surface area contributed by atoms with Gasteiger partial charge < -0.3 is 14.5 Å². The molecule has 6 nitrogen and oxygen atoms in total. The largest absolute Gasteiger partial charge is 0.383 e. The number of hydrogen-bond donors (Lipinski definition) is 0. The van der Waals surface area contributed by atoms with Crippen LogP contribution in [-0.4, -0.2) is 80.0 Å². The molecule has 2 aliphatic rings. The highest BCUT2D eigenvalue weighted by atomic mass is 32.1. The molecule has 0 bridgehead atoms. The third-order valence-electron chi connectivity index (χ3n) is 4.25. The van der Waals surface area contributed by atoms with Gasteiger partial charge in [0, 0.05) is 38.2 Å². The third-order valence-corrected chi connectivity index (χ3v) is 5.14. The minimum atomic E-state index is -0.205. The van der Waals surface area contributed by atoms with Crippen molar-refractivity contribution in [3.8, 4) is 0 Å². The topological polar surface area (TPSA) is 53.1 Å². The molecule has 1 saturated heterocycles. The van der Waals surface area contributed by atoms with Crippen molar-refractivity contribution in [2.75, 3.05) is 53.5 Å². The summed E-state index contributed by atoms with van der Waals surface area (Å²) in [4.78, 5) is 32.1. The van der Waals surface area contributed by atoms with Crippen LogP contribution in [0.25, 0.3) is 5.57 Å². The Morgan fingerprint density at radius 3 is 2.52 bits per heavy atom. The number of likely N-dealkylation sites (N-methyl/N-ethyl adjacent to an activating group) is 1. The van der Waals surface area contributed by atoms with Gasteiger partial charge in [0.15, 0.2) is 0 Å². The van der Waals surface area contributed by atoms with Gasteiger partial charge in [-0.15, -0.1) is 11.3 Å². The molecule has 23 heavy (non-hydrogen) atoms. The van der Waals surface area contributed by atoms with Crippen LogP contribution in [0.3, 0.4) is 0 Å². The lowest BCUT2D eigenvalue weighted by Crippen LogP contribution is -2.46. The molecule has 0 aromatic carbocycles. The Bertz CT molecular complexity index is 619. The molecular weight excluding hydrogens is 314 g/mol. The molecule has 1 aromatic rings. The predicted octanol–water partition coefficient (Wildman–Crippen LogP) is 0.722. The van der Waals surface area contributed by atoms with Crippen molar-refractivity contribution in [1.82, 2.24) is 14.7 Å². The number of methoxy groups -OCH3 is 1. The summed E-state index contributed by atoms with van der Waals surface area (Å²) in [7, 11) is 3.64. The Labute approximate surface area is 139 Å². The van der Waals surface area contributed by atoms with Crippen molar-refractivity contribution < 1.29 is 14.3 Å². The van der Waals surface area contributed by atoms with E-state index >= 15 is 0 Å². The first-order valence-electron chi connectivity index (χ1n) is 7.70. The third kappa shape index (κ3) is 3.04. The van der Waals surface area contributed by atoms with Crippen LogP contribution in [0.1, 0.15) is 4.88 Å². The number of ether oxygens (including phenoxy) is 1. The zero-order valence-corrected chi connectivity index (χ0v) is 14.3. The van der Waals surface area contributed by atoms with Crippen molar-refractivity contribution in [3.05, 3.63) is 28.1 Å². The summed E-state index contributed by atoms with van der Waals surface area (Å²) in [5.41, 5.74) is 1.10. The molecule has 3 rings (SSSR count). The fraction of sp³-hybridized carbons (Fsp3) is 0.500. The smallest absolute Gasteiger partial charge is 0.277 e. The number of piperazine rings is 1. The number of thiophene rings is 1. The Morgan fingerprint density at radius 2 is 1.91 bits per heavy atom. The summed E-state index contributed by atoms with van der Waals surface area (Å²) in [5.74, 6) is -0.400. The standard InChI is InChI=1S/C16H21N3O3S/c1-17-5-7-18(8-6-17)14-13(12-4-3-11-23-12)15(20)19(16(14)21)9-10-22-2/h3-4,11H,5-10H2,1-2H3. The van der Waals surface area contributed by atoms with Crippen LogP contribution >= 0.6 is 11.3 Å². The lowest BCUT2D eigenvalue weighted by Gasteiger charge is -2.34. The van der Waals surface area contributed by atoms with E-state index in [9.17, 15) is 9.59 Å². The minimum absolute atomic E-state index is 0.194. The minimum Gasteiger partial charge on any atom is -0.383 e. The zero-order chi connectivity index (χ0) is 16.4. The molecule has 0 radical (unpaired) electrons. The van der Waals surface area contributed by atoms with Crippen molar-refractivity contribution in [1.29, 1.82) is 0 Å². The monoisotopic (exact) mass is 335 g/mol. The van der Waals surface area contributed by atoms with E-state index in [2.05, 4.69) is 16.8 Å². The highest BCUT2D eigenvalue weighted by Crippen LogP contribution is 2.34. The second-order valence-electron chi connectivity index (χ2n) is 5.75. The number of hydrogen-bond acceptors (Lipinski definition) is 6. The van der Waals surface area contributed by atoms with Crippen molar-refractivity contribution in [2.24, 2.45) is 0 Å². The van der Waals surface area contributed by atoms with Crippen molar-refractivity contribution in [3.63, 3.8) is 0 Å². The molecule has 0 aliphatic carbocycles. The molecular formula is C16H21N3O3S. The van der Waals surface area contributed by atoms with Crippen molar-refractivity contribution in [2.45, 2.75) is 0 Å². The molecule has 3 heterocycles. The molecule has 0 N–H and O–H groups in total. The summed E-state index contributed by atoms with van der Waals surface area (Å²) in [5, 5.41) is 1.93. The van der Waals surface area contributed by atoms with E-state index < -0.39 is 0 Å². The maximum atomic E-state index is 12.8. The zero-order valence-electron chi connectivity index (χ0n) is 13.4. The van der Waals surface area contributed by atoms with Gasteiger partial charge in [0.25, 0.3) is 11.8 Å². The summed E-state index contributed by atoms with van der Waals surface area (Å²) >= 11 is 1.49. The molecule has 0 saturated carbocycles. The van der Waals surface area contributed by atoms with Crippen molar-refractivity contribution >= 4 is 28.7 Å². The first-order valence-corrected chi connectivity index (χ1v) is 8.58. The number of imide groups is 1. The van der Waals surface area contributed by atoms with E-state index in [1.165, 1.54) is 16.2 Å². The second kappa shape index (κ2) is 6.82. The lowest BCUT2D eigenvalue weighted by atomic mass is 10.1. The maximum Gasteiger partial charge on any atom is 0.277 e. The average Bonchev–Trinajstić information content (AvgIpc) is 3.14. The molecule has 0 atom stereocenters. The van der Waals surface area contributed by atoms with E-state index in [-0.39, 0.29) is 11.8 Å². The fourth-order valence-corrected chi connectivity index (χ4v) is 3.68. The van der Waals surface area contributed by atoms with Crippen LogP contribution in [0.15, 0.2) is 23.2 Å². The van der Waals surface area contributed by atoms with Crippen LogP contribution in [0.5, 0.6) is 0 Å². The highest BCUT2D eigenvalue weighted by molar-refractivity contribution is 7.11. The van der Waals surface area contributed by atoms with Gasteiger partial charge >= 0.3 is 0 Å². The number of rotatable bonds is 5. The number of nitrogens with zero attached hydrogens (tertiary/aromatic N) is 3. The molecule has 2 aliphatic heterocycles. The molecule has 1 aromatic heterocycles. The molecule has 1 fully saturated rings. The second-order valence-corrected chi connectivity index (χ2v) is 6.69. The Morgan fingerprint density at radius 1 is 1.17 bits per heavy atom. The lowest BCUT2D eigenvalue weighted by molar-refractivity contribution is -0.138. The van der Waals surface area contributed by atoms with Gasteiger partial charge in [0.05, 0.1) is 18.7 Å². The fourth-order valence-electron chi connectivity index (χ4n) is 2.92. The summed E-state index contributed by atoms with van der Waals surface area (Å²) in [6.45, 7) is 3.95. The van der Waals surface area contributed by atoms with Crippen LogP contribution in [0.2, 0.25) is 0 Å². The van der Waals surface area contributed by atoms with Crippen LogP contribution in [0.4, 0.5) is 0 Å². The van der Waals surface area contributed by atoms with E-state index in [4.69, 9.17) is 4.74 Å². The van der Waals surface area contributed by atoms with Gasteiger partial charge in [-0.25, -0.2) is 0 Å². The van der Waals surface area contributed by atoms with Crippen LogP contribution in [0, 0.1) is 0 Å². The van der Waals surface area contributed by atoms with Gasteiger partial charge in [-0.05, 0) is 18.5 Å². The quantitative estimate of drug-likeness (QED) is 0.742. The van der Waals surface area contributed by atoms with Crippen LogP contribution < -0.4 is 0 Å². The van der Waals surface area contributed by atoms with E-state index in [1.54, 1.807) is 7.11 Å². The van der Waals surface area contributed by atoms with Gasteiger partial charge in [-0.2, -0.15) is 0 Å². The number of carbonyl (C=O) groups excluding carboxylic acids is 2.